The Balaban J connectivity index is 1.49. The molecule has 3 rings (SSSR count). The Morgan fingerprint density at radius 2 is 2.22 bits per heavy atom. The highest BCUT2D eigenvalue weighted by Gasteiger charge is 2.24. The second-order valence-corrected chi connectivity index (χ2v) is 6.48. The first kappa shape index (κ1) is 16.5. The second-order valence-electron chi connectivity index (χ2n) is 6.48. The van der Waals surface area contributed by atoms with Gasteiger partial charge < -0.3 is 14.2 Å². The van der Waals surface area contributed by atoms with Gasteiger partial charge in [0, 0.05) is 51.7 Å². The molecule has 1 atom stereocenters. The summed E-state index contributed by atoms with van der Waals surface area (Å²) in [5.41, 5.74) is 0. The first-order valence-corrected chi connectivity index (χ1v) is 8.88. The summed E-state index contributed by atoms with van der Waals surface area (Å²) in [4.78, 5) is 21.3. The summed E-state index contributed by atoms with van der Waals surface area (Å²) in [5, 5.41) is 0. The zero-order chi connectivity index (χ0) is 16.1. The Bertz CT molecular complexity index is 510. The van der Waals surface area contributed by atoms with Gasteiger partial charge in [-0.2, -0.15) is 0 Å². The molecule has 0 N–H and O–H groups in total. The maximum absolute atomic E-state index is 12.4. The first-order valence-electron chi connectivity index (χ1n) is 8.88. The third-order valence-electron chi connectivity index (χ3n) is 4.87. The summed E-state index contributed by atoms with van der Waals surface area (Å²) in [6, 6.07) is 0. The van der Waals surface area contributed by atoms with E-state index in [0.717, 1.165) is 71.0 Å². The average Bonchev–Trinajstić information content (AvgIpc) is 3.15. The summed E-state index contributed by atoms with van der Waals surface area (Å²) in [6.45, 7) is 8.41. The van der Waals surface area contributed by atoms with Crippen LogP contribution in [0.4, 0.5) is 0 Å². The van der Waals surface area contributed by atoms with Crippen LogP contribution >= 0.6 is 0 Å². The monoisotopic (exact) mass is 320 g/mol. The molecule has 2 saturated heterocycles. The van der Waals surface area contributed by atoms with Gasteiger partial charge in [-0.15, -0.1) is 0 Å². The maximum atomic E-state index is 12.4. The lowest BCUT2D eigenvalue weighted by molar-refractivity contribution is -0.133. The van der Waals surface area contributed by atoms with Crippen LogP contribution < -0.4 is 0 Å². The topological polar surface area (TPSA) is 50.6 Å². The first-order chi connectivity index (χ1) is 11.3. The summed E-state index contributed by atoms with van der Waals surface area (Å²) >= 11 is 0. The highest BCUT2D eigenvalue weighted by atomic mass is 16.5. The van der Waals surface area contributed by atoms with E-state index in [1.165, 1.54) is 0 Å². The molecule has 6 heteroatoms. The van der Waals surface area contributed by atoms with Gasteiger partial charge in [0.15, 0.2) is 0 Å². The molecule has 0 bridgehead atoms. The van der Waals surface area contributed by atoms with Crippen molar-refractivity contribution in [3.63, 3.8) is 0 Å². The number of aryl methyl sites for hydroxylation is 1. The molecular weight excluding hydrogens is 292 g/mol. The van der Waals surface area contributed by atoms with E-state index in [1.807, 2.05) is 17.3 Å². The van der Waals surface area contributed by atoms with Gasteiger partial charge in [-0.25, -0.2) is 4.98 Å². The van der Waals surface area contributed by atoms with Crippen molar-refractivity contribution in [2.75, 3.05) is 32.8 Å². The average molecular weight is 320 g/mol. The third kappa shape index (κ3) is 4.32. The quantitative estimate of drug-likeness (QED) is 0.825. The molecule has 0 aromatic carbocycles. The van der Waals surface area contributed by atoms with Crippen LogP contribution in [0, 0.1) is 0 Å². The zero-order valence-corrected chi connectivity index (χ0v) is 14.1. The van der Waals surface area contributed by atoms with Gasteiger partial charge >= 0.3 is 0 Å². The van der Waals surface area contributed by atoms with Crippen LogP contribution in [0.2, 0.25) is 0 Å². The number of rotatable bonds is 5. The molecule has 2 aliphatic rings. The molecule has 1 aromatic rings. The van der Waals surface area contributed by atoms with E-state index in [9.17, 15) is 4.79 Å². The number of hydrogen-bond acceptors (Lipinski definition) is 4. The van der Waals surface area contributed by atoms with Gasteiger partial charge in [0.1, 0.15) is 5.82 Å². The minimum absolute atomic E-state index is 0.152. The standard InChI is InChI=1S/C17H28N4O2/c1-2-20-9-6-18-16(20)14-19-7-4-8-21(11-10-19)17(22)13-15-5-3-12-23-15/h6,9,15H,2-5,7-8,10-14H2,1H3/t15-/m1/s1. The molecule has 3 heterocycles. The largest absolute Gasteiger partial charge is 0.378 e. The van der Waals surface area contributed by atoms with E-state index in [1.54, 1.807) is 0 Å². The Morgan fingerprint density at radius 1 is 1.30 bits per heavy atom. The van der Waals surface area contributed by atoms with Gasteiger partial charge in [-0.05, 0) is 26.2 Å². The summed E-state index contributed by atoms with van der Waals surface area (Å²) < 4.78 is 7.78. The molecule has 2 aliphatic heterocycles. The maximum Gasteiger partial charge on any atom is 0.225 e. The number of amides is 1. The molecule has 0 saturated carbocycles. The van der Waals surface area contributed by atoms with Crippen molar-refractivity contribution >= 4 is 5.91 Å². The van der Waals surface area contributed by atoms with E-state index < -0.39 is 0 Å². The van der Waals surface area contributed by atoms with Crippen molar-refractivity contribution in [3.8, 4) is 0 Å². The Morgan fingerprint density at radius 3 is 3.00 bits per heavy atom. The Labute approximate surface area is 138 Å². The van der Waals surface area contributed by atoms with Crippen LogP contribution in [0.15, 0.2) is 12.4 Å². The van der Waals surface area contributed by atoms with Gasteiger partial charge in [0.05, 0.1) is 19.1 Å². The highest BCUT2D eigenvalue weighted by Crippen LogP contribution is 2.17. The van der Waals surface area contributed by atoms with Crippen LogP contribution in [-0.4, -0.2) is 64.1 Å². The van der Waals surface area contributed by atoms with Crippen LogP contribution in [-0.2, 0) is 22.6 Å². The molecule has 0 radical (unpaired) electrons. The van der Waals surface area contributed by atoms with E-state index in [0.29, 0.717) is 6.42 Å². The van der Waals surface area contributed by atoms with E-state index in [4.69, 9.17) is 4.74 Å². The van der Waals surface area contributed by atoms with Gasteiger partial charge in [-0.3, -0.25) is 9.69 Å². The number of imidazole rings is 1. The summed E-state index contributed by atoms with van der Waals surface area (Å²) in [7, 11) is 0. The molecule has 0 unspecified atom stereocenters. The lowest BCUT2D eigenvalue weighted by atomic mass is 10.1. The fourth-order valence-corrected chi connectivity index (χ4v) is 3.49. The van der Waals surface area contributed by atoms with E-state index in [2.05, 4.69) is 21.4 Å². The molecule has 0 spiro atoms. The number of carbonyl (C=O) groups is 1. The Hall–Kier alpha value is -1.40. The predicted octanol–water partition coefficient (Wildman–Crippen LogP) is 1.51. The number of aromatic nitrogens is 2. The van der Waals surface area contributed by atoms with Crippen molar-refractivity contribution < 1.29 is 9.53 Å². The smallest absolute Gasteiger partial charge is 0.225 e. The molecule has 0 aliphatic carbocycles. The van der Waals surface area contributed by atoms with Gasteiger partial charge in [0.2, 0.25) is 5.91 Å². The lowest BCUT2D eigenvalue weighted by Gasteiger charge is -2.23. The van der Waals surface area contributed by atoms with Crippen LogP contribution in [0.5, 0.6) is 0 Å². The van der Waals surface area contributed by atoms with Crippen molar-refractivity contribution in [2.24, 2.45) is 0 Å². The molecule has 128 valence electrons. The predicted molar refractivity (Wildman–Crippen MR) is 88.0 cm³/mol. The minimum Gasteiger partial charge on any atom is -0.378 e. The number of ether oxygens (including phenoxy) is 1. The van der Waals surface area contributed by atoms with Crippen LogP contribution in [0.25, 0.3) is 0 Å². The third-order valence-corrected chi connectivity index (χ3v) is 4.87. The van der Waals surface area contributed by atoms with Gasteiger partial charge in [-0.1, -0.05) is 0 Å². The van der Waals surface area contributed by atoms with Crippen molar-refractivity contribution in [3.05, 3.63) is 18.2 Å². The molecule has 1 amide bonds. The fraction of sp³-hybridized carbons (Fsp3) is 0.765. The normalized spacial score (nSPS) is 23.2. The molecule has 23 heavy (non-hydrogen) atoms. The summed E-state index contributed by atoms with van der Waals surface area (Å²) in [5.74, 6) is 1.38. The highest BCUT2D eigenvalue weighted by molar-refractivity contribution is 5.76. The van der Waals surface area contributed by atoms with Crippen LogP contribution in [0.3, 0.4) is 0 Å². The SMILES string of the molecule is CCn1ccnc1CN1CCCN(C(=O)C[C@H]2CCCO2)CC1. The van der Waals surface area contributed by atoms with Crippen molar-refractivity contribution in [1.82, 2.24) is 19.4 Å². The van der Waals surface area contributed by atoms with Crippen molar-refractivity contribution in [1.29, 1.82) is 0 Å². The minimum atomic E-state index is 0.152. The Kier molecular flexibility index (Phi) is 5.67. The lowest BCUT2D eigenvalue weighted by Crippen LogP contribution is -2.36. The zero-order valence-electron chi connectivity index (χ0n) is 14.1. The number of nitrogens with zero attached hydrogens (tertiary/aromatic N) is 4. The molecular formula is C17H28N4O2. The number of hydrogen-bond donors (Lipinski definition) is 0. The van der Waals surface area contributed by atoms with Crippen molar-refractivity contribution in [2.45, 2.75) is 51.8 Å². The summed E-state index contributed by atoms with van der Waals surface area (Å²) in [6.07, 6.45) is 7.77. The molecule has 2 fully saturated rings. The molecule has 1 aromatic heterocycles. The van der Waals surface area contributed by atoms with E-state index >= 15 is 0 Å². The van der Waals surface area contributed by atoms with E-state index in [-0.39, 0.29) is 12.0 Å². The molecule has 6 nitrogen and oxygen atoms in total. The fourth-order valence-electron chi connectivity index (χ4n) is 3.49. The number of carbonyl (C=O) groups excluding carboxylic acids is 1. The van der Waals surface area contributed by atoms with Crippen LogP contribution in [0.1, 0.15) is 38.4 Å². The second kappa shape index (κ2) is 7.93. The van der Waals surface area contributed by atoms with Gasteiger partial charge in [0.25, 0.3) is 0 Å².